The molecule has 0 saturated carbocycles. The topological polar surface area (TPSA) is 59.0 Å². The molecule has 2 unspecified atom stereocenters. The fraction of sp³-hybridized carbons (Fsp3) is 0.370. The molecule has 1 aliphatic carbocycles. The van der Waals surface area contributed by atoms with Gasteiger partial charge < -0.3 is 14.6 Å². The van der Waals surface area contributed by atoms with Crippen molar-refractivity contribution in [3.05, 3.63) is 82.9 Å². The molecule has 32 heavy (non-hydrogen) atoms. The van der Waals surface area contributed by atoms with Crippen LogP contribution in [0.25, 0.3) is 10.8 Å². The first kappa shape index (κ1) is 19.8. The molecule has 5 nitrogen and oxygen atoms in total. The molecule has 0 aromatic heterocycles. The number of amides is 1. The Morgan fingerprint density at radius 1 is 0.969 bits per heavy atom. The Morgan fingerprint density at radius 2 is 1.69 bits per heavy atom. The van der Waals surface area contributed by atoms with E-state index in [9.17, 15) is 9.90 Å². The molecule has 2 aliphatic heterocycles. The minimum absolute atomic E-state index is 0.209. The summed E-state index contributed by atoms with van der Waals surface area (Å²) < 4.78 is 11.4. The van der Waals surface area contributed by atoms with Crippen molar-refractivity contribution in [3.63, 3.8) is 0 Å². The van der Waals surface area contributed by atoms with Gasteiger partial charge >= 0.3 is 6.09 Å². The van der Waals surface area contributed by atoms with Gasteiger partial charge in [0.1, 0.15) is 6.61 Å². The summed E-state index contributed by atoms with van der Waals surface area (Å²) in [5, 5.41) is 14.4. The highest BCUT2D eigenvalue weighted by molar-refractivity contribution is 5.93. The number of nitrogens with zero attached hydrogens (tertiary/aromatic N) is 1. The molecule has 2 heterocycles. The summed E-state index contributed by atoms with van der Waals surface area (Å²) in [5.41, 5.74) is 3.69. The summed E-state index contributed by atoms with van der Waals surface area (Å²) in [6, 6.07) is 20.0. The van der Waals surface area contributed by atoms with E-state index < -0.39 is 5.60 Å². The first-order valence-electron chi connectivity index (χ1n) is 11.5. The number of aryl methyl sites for hydroxylation is 2. The summed E-state index contributed by atoms with van der Waals surface area (Å²) in [7, 11) is 0. The summed E-state index contributed by atoms with van der Waals surface area (Å²) in [6.45, 7) is 1.08. The van der Waals surface area contributed by atoms with Crippen LogP contribution in [0.5, 0.6) is 0 Å². The van der Waals surface area contributed by atoms with Gasteiger partial charge in [-0.1, -0.05) is 60.7 Å². The quantitative estimate of drug-likeness (QED) is 0.674. The molecule has 0 radical (unpaired) electrons. The summed E-state index contributed by atoms with van der Waals surface area (Å²) in [4.78, 5) is 14.8. The smallest absolute Gasteiger partial charge is 0.410 e. The average molecular weight is 430 g/mol. The molecule has 3 aromatic carbocycles. The highest BCUT2D eigenvalue weighted by Gasteiger charge is 2.50. The molecular formula is C27H27NO4. The standard InChI is InChI=1S/C27H27NO4/c29-26(32-15-18-5-2-1-3-6-18)28-21-13-27(30,14-22(28)17-31-16-21)24-12-11-20-10-9-19-7-4-8-23(24)25(19)20/h1-8,11-12,21-22,30H,9-10,13-17H2. The van der Waals surface area contributed by atoms with E-state index in [1.807, 2.05) is 30.3 Å². The molecule has 164 valence electrons. The number of morpholine rings is 1. The van der Waals surface area contributed by atoms with E-state index in [1.165, 1.54) is 16.5 Å². The van der Waals surface area contributed by atoms with Gasteiger partial charge in [0.2, 0.25) is 0 Å². The predicted octanol–water partition coefficient (Wildman–Crippen LogP) is 4.33. The molecule has 2 saturated heterocycles. The molecule has 2 bridgehead atoms. The van der Waals surface area contributed by atoms with Crippen LogP contribution in [-0.4, -0.2) is 41.4 Å². The monoisotopic (exact) mass is 429 g/mol. The summed E-state index contributed by atoms with van der Waals surface area (Å²) >= 11 is 0. The first-order chi connectivity index (χ1) is 15.6. The van der Waals surface area contributed by atoms with E-state index in [0.29, 0.717) is 26.1 Å². The second kappa shape index (κ2) is 7.61. The Morgan fingerprint density at radius 3 is 2.44 bits per heavy atom. The van der Waals surface area contributed by atoms with Crippen LogP contribution in [0.4, 0.5) is 4.79 Å². The number of ether oxygens (including phenoxy) is 2. The van der Waals surface area contributed by atoms with Gasteiger partial charge in [0, 0.05) is 12.8 Å². The van der Waals surface area contributed by atoms with Crippen LogP contribution in [-0.2, 0) is 34.5 Å². The van der Waals surface area contributed by atoms with Gasteiger partial charge in [0.25, 0.3) is 0 Å². The first-order valence-corrected chi connectivity index (χ1v) is 11.5. The van der Waals surface area contributed by atoms with Crippen molar-refractivity contribution in [2.45, 2.75) is 50.0 Å². The number of piperidine rings is 1. The number of aliphatic hydroxyl groups is 1. The second-order valence-corrected chi connectivity index (χ2v) is 9.34. The number of fused-ring (bicyclic) bond motifs is 2. The summed E-state index contributed by atoms with van der Waals surface area (Å²) in [6.07, 6.45) is 2.70. The number of carbonyl (C=O) groups excluding carboxylic acids is 1. The third-order valence-corrected chi connectivity index (χ3v) is 7.35. The maximum Gasteiger partial charge on any atom is 0.410 e. The van der Waals surface area contributed by atoms with Gasteiger partial charge in [-0.2, -0.15) is 0 Å². The Labute approximate surface area is 187 Å². The van der Waals surface area contributed by atoms with Crippen LogP contribution in [0.2, 0.25) is 0 Å². The van der Waals surface area contributed by atoms with Crippen LogP contribution in [0.15, 0.2) is 60.7 Å². The molecule has 2 fully saturated rings. The van der Waals surface area contributed by atoms with E-state index >= 15 is 0 Å². The van der Waals surface area contributed by atoms with Crippen molar-refractivity contribution in [1.82, 2.24) is 4.90 Å². The number of hydrogen-bond acceptors (Lipinski definition) is 4. The third kappa shape index (κ3) is 3.19. The van der Waals surface area contributed by atoms with Gasteiger partial charge in [-0.05, 0) is 45.9 Å². The third-order valence-electron chi connectivity index (χ3n) is 7.35. The maximum atomic E-state index is 13.0. The fourth-order valence-corrected chi connectivity index (χ4v) is 5.94. The largest absolute Gasteiger partial charge is 0.445 e. The second-order valence-electron chi connectivity index (χ2n) is 9.34. The van der Waals surface area contributed by atoms with Gasteiger partial charge in [-0.15, -0.1) is 0 Å². The average Bonchev–Trinajstić information content (AvgIpc) is 3.23. The SMILES string of the molecule is O=C(OCc1ccccc1)N1C2COCC1CC(O)(c1ccc3c4c(cccc14)CC3)C2. The van der Waals surface area contributed by atoms with Crippen molar-refractivity contribution in [2.75, 3.05) is 13.2 Å². The van der Waals surface area contributed by atoms with Gasteiger partial charge in [0.15, 0.2) is 0 Å². The van der Waals surface area contributed by atoms with Crippen LogP contribution in [0, 0.1) is 0 Å². The normalized spacial score (nSPS) is 26.3. The predicted molar refractivity (Wildman–Crippen MR) is 121 cm³/mol. The van der Waals surface area contributed by atoms with Crippen LogP contribution < -0.4 is 0 Å². The van der Waals surface area contributed by atoms with Crippen molar-refractivity contribution in [3.8, 4) is 0 Å². The van der Waals surface area contributed by atoms with Crippen LogP contribution in [0.1, 0.15) is 35.1 Å². The number of rotatable bonds is 3. The van der Waals surface area contributed by atoms with Gasteiger partial charge in [0.05, 0.1) is 30.9 Å². The maximum absolute atomic E-state index is 13.0. The van der Waals surface area contributed by atoms with Crippen molar-refractivity contribution >= 4 is 16.9 Å². The van der Waals surface area contributed by atoms with Crippen molar-refractivity contribution < 1.29 is 19.4 Å². The molecule has 6 rings (SSSR count). The van der Waals surface area contributed by atoms with E-state index in [0.717, 1.165) is 29.4 Å². The summed E-state index contributed by atoms with van der Waals surface area (Å²) in [5.74, 6) is 0. The lowest BCUT2D eigenvalue weighted by Gasteiger charge is -2.51. The lowest BCUT2D eigenvalue weighted by molar-refractivity contribution is -0.136. The van der Waals surface area contributed by atoms with Crippen LogP contribution in [0.3, 0.4) is 0 Å². The van der Waals surface area contributed by atoms with E-state index in [1.54, 1.807) is 4.90 Å². The van der Waals surface area contributed by atoms with Crippen molar-refractivity contribution in [2.24, 2.45) is 0 Å². The number of benzene rings is 3. The van der Waals surface area contributed by atoms with Gasteiger partial charge in [-0.25, -0.2) is 4.79 Å². The van der Waals surface area contributed by atoms with Crippen LogP contribution >= 0.6 is 0 Å². The van der Waals surface area contributed by atoms with Crippen molar-refractivity contribution in [1.29, 1.82) is 0 Å². The zero-order chi connectivity index (χ0) is 21.7. The van der Waals surface area contributed by atoms with E-state index in [4.69, 9.17) is 9.47 Å². The Kier molecular flexibility index (Phi) is 4.70. The molecule has 3 aliphatic rings. The Balaban J connectivity index is 1.28. The molecule has 5 heteroatoms. The fourth-order valence-electron chi connectivity index (χ4n) is 5.94. The Bertz CT molecular complexity index is 1150. The van der Waals surface area contributed by atoms with E-state index in [2.05, 4.69) is 30.3 Å². The molecular weight excluding hydrogens is 402 g/mol. The lowest BCUT2D eigenvalue weighted by Crippen LogP contribution is -2.62. The highest BCUT2D eigenvalue weighted by Crippen LogP contribution is 2.45. The molecule has 0 spiro atoms. The number of hydrogen-bond donors (Lipinski definition) is 1. The minimum atomic E-state index is -0.991. The zero-order valence-electron chi connectivity index (χ0n) is 18.0. The van der Waals surface area contributed by atoms with E-state index in [-0.39, 0.29) is 24.8 Å². The molecule has 1 N–H and O–H groups in total. The zero-order valence-corrected chi connectivity index (χ0v) is 18.0. The lowest BCUT2D eigenvalue weighted by atomic mass is 9.75. The number of carbonyl (C=O) groups is 1. The Hall–Kier alpha value is -2.89. The molecule has 1 amide bonds. The molecule has 3 aromatic rings. The molecule has 2 atom stereocenters. The highest BCUT2D eigenvalue weighted by atomic mass is 16.6. The minimum Gasteiger partial charge on any atom is -0.445 e. The van der Waals surface area contributed by atoms with Gasteiger partial charge in [-0.3, -0.25) is 4.90 Å².